The van der Waals surface area contributed by atoms with Crippen molar-refractivity contribution in [1.29, 1.82) is 0 Å². The van der Waals surface area contributed by atoms with Crippen molar-refractivity contribution < 1.29 is 34.8 Å². The second-order valence-electron chi connectivity index (χ2n) is 14.1. The molecule has 0 spiro atoms. The molecule has 7 nitrogen and oxygen atoms in total. The van der Waals surface area contributed by atoms with Gasteiger partial charge in [0.25, 0.3) is 0 Å². The van der Waals surface area contributed by atoms with Crippen LogP contribution in [0.3, 0.4) is 0 Å². The molecule has 4 rings (SSSR count). The third-order valence-electron chi connectivity index (χ3n) is 11.8. The maximum atomic E-state index is 14.1. The van der Waals surface area contributed by atoms with E-state index in [1.807, 2.05) is 34.6 Å². The number of carbonyl (C=O) groups excluding carboxylic acids is 2. The first kappa shape index (κ1) is 28.4. The number of hydrogen-bond acceptors (Lipinski definition) is 6. The third-order valence-corrected chi connectivity index (χ3v) is 11.8. The van der Waals surface area contributed by atoms with Crippen LogP contribution in [0.5, 0.6) is 0 Å². The van der Waals surface area contributed by atoms with Gasteiger partial charge in [-0.3, -0.25) is 14.4 Å². The van der Waals surface area contributed by atoms with Gasteiger partial charge in [0.2, 0.25) is 0 Å². The molecular weight excluding hydrogens is 472 g/mol. The van der Waals surface area contributed by atoms with E-state index in [9.17, 15) is 34.8 Å². The summed E-state index contributed by atoms with van der Waals surface area (Å²) in [5.41, 5.74) is -1.27. The lowest BCUT2D eigenvalue weighted by molar-refractivity contribution is -0.146. The van der Waals surface area contributed by atoms with Crippen LogP contribution in [0, 0.1) is 45.3 Å². The van der Waals surface area contributed by atoms with E-state index in [1.54, 1.807) is 6.92 Å². The normalized spacial score (nSPS) is 43.5. The van der Waals surface area contributed by atoms with Gasteiger partial charge in [-0.15, -0.1) is 0 Å². The Bertz CT molecular complexity index is 1030. The van der Waals surface area contributed by atoms with Gasteiger partial charge in [-0.25, -0.2) is 0 Å². The van der Waals surface area contributed by atoms with Gasteiger partial charge in [0.1, 0.15) is 5.78 Å². The number of aliphatic hydroxyl groups excluding tert-OH is 3. The summed E-state index contributed by atoms with van der Waals surface area (Å²) < 4.78 is 0. The highest BCUT2D eigenvalue weighted by Crippen LogP contribution is 2.71. The second-order valence-corrected chi connectivity index (χ2v) is 14.1. The van der Waals surface area contributed by atoms with Crippen molar-refractivity contribution in [2.75, 3.05) is 0 Å². The van der Waals surface area contributed by atoms with Crippen LogP contribution in [-0.2, 0) is 14.4 Å². The molecule has 2 fully saturated rings. The van der Waals surface area contributed by atoms with Crippen molar-refractivity contribution in [2.45, 2.75) is 112 Å². The quantitative estimate of drug-likeness (QED) is 0.419. The molecular formula is C30H46O7. The number of carboxylic acids is 1. The molecule has 0 amide bonds. The molecule has 0 aliphatic heterocycles. The molecule has 37 heavy (non-hydrogen) atoms. The molecule has 0 bridgehead atoms. The van der Waals surface area contributed by atoms with E-state index in [0.29, 0.717) is 43.3 Å². The van der Waals surface area contributed by atoms with Crippen LogP contribution in [0.25, 0.3) is 0 Å². The molecule has 0 aromatic carbocycles. The standard InChI is InChI=1S/C30H46O7/c1-15(10-17(31)11-16(2)26(36)37)18-12-23(35)30(7)25-19(32)13-21-27(3,4)22(34)8-9-28(21,5)24(25)20(33)14-29(18,30)6/h15-19,21,23,31-32,35H,8-14H2,1-7H3,(H,36,37)/t15-,16-,17+,18-,19-,21+,23+,28+,29-,30+/m1/s1. The monoisotopic (exact) mass is 518 g/mol. The lowest BCUT2D eigenvalue weighted by Gasteiger charge is -2.61. The minimum Gasteiger partial charge on any atom is -0.481 e. The fraction of sp³-hybridized carbons (Fsp3) is 0.833. The molecule has 0 heterocycles. The van der Waals surface area contributed by atoms with Crippen molar-refractivity contribution in [2.24, 2.45) is 45.3 Å². The van der Waals surface area contributed by atoms with Crippen molar-refractivity contribution in [3.8, 4) is 0 Å². The average Bonchev–Trinajstić information content (AvgIpc) is 2.99. The molecule has 0 saturated heterocycles. The summed E-state index contributed by atoms with van der Waals surface area (Å²) in [7, 11) is 0. The number of aliphatic carboxylic acids is 1. The maximum Gasteiger partial charge on any atom is 0.306 e. The Kier molecular flexibility index (Phi) is 6.91. The molecule has 0 aromatic heterocycles. The lowest BCUT2D eigenvalue weighted by Crippen LogP contribution is -2.60. The summed E-state index contributed by atoms with van der Waals surface area (Å²) in [6.07, 6.45) is 0.176. The number of aliphatic hydroxyl groups is 3. The highest BCUT2D eigenvalue weighted by molar-refractivity contribution is 6.01. The molecule has 0 aromatic rings. The molecule has 10 atom stereocenters. The van der Waals surface area contributed by atoms with Gasteiger partial charge in [-0.05, 0) is 60.8 Å². The Labute approximate surface area is 220 Å². The Morgan fingerprint density at radius 1 is 1.03 bits per heavy atom. The van der Waals surface area contributed by atoms with E-state index in [2.05, 4.69) is 6.92 Å². The molecule has 7 heteroatoms. The summed E-state index contributed by atoms with van der Waals surface area (Å²) in [6.45, 7) is 13.6. The Hall–Kier alpha value is -1.57. The van der Waals surface area contributed by atoms with Gasteiger partial charge < -0.3 is 20.4 Å². The molecule has 4 aliphatic rings. The number of Topliss-reactive ketones (excluding diaryl/α,β-unsaturated/α-hetero) is 2. The fourth-order valence-corrected chi connectivity index (χ4v) is 9.39. The van der Waals surface area contributed by atoms with Crippen molar-refractivity contribution in [3.63, 3.8) is 0 Å². The SMILES string of the molecule is C[C@H](C[C@@H](O)C[C@@H](C)[C@H]1C[C@H](O)[C@@]2(C)C3=C(C(=O)C[C@]12C)[C@@]1(C)CCC(=O)C(C)(C)[C@@H]1C[C@H]3O)C(=O)O. The first-order chi connectivity index (χ1) is 16.9. The summed E-state index contributed by atoms with van der Waals surface area (Å²) in [5, 5.41) is 43.1. The molecule has 2 saturated carbocycles. The predicted octanol–water partition coefficient (Wildman–Crippen LogP) is 3.92. The Morgan fingerprint density at radius 2 is 1.65 bits per heavy atom. The molecule has 0 unspecified atom stereocenters. The highest BCUT2D eigenvalue weighted by atomic mass is 16.4. The molecule has 0 radical (unpaired) electrons. The summed E-state index contributed by atoms with van der Waals surface area (Å²) >= 11 is 0. The topological polar surface area (TPSA) is 132 Å². The van der Waals surface area contributed by atoms with E-state index >= 15 is 0 Å². The van der Waals surface area contributed by atoms with E-state index in [-0.39, 0.29) is 42.2 Å². The van der Waals surface area contributed by atoms with Crippen LogP contribution in [0.2, 0.25) is 0 Å². The molecule has 4 N–H and O–H groups in total. The van der Waals surface area contributed by atoms with Gasteiger partial charge in [-0.2, -0.15) is 0 Å². The summed E-state index contributed by atoms with van der Waals surface area (Å²) in [5.74, 6) is -1.69. The number of rotatable bonds is 6. The van der Waals surface area contributed by atoms with Gasteiger partial charge in [0, 0.05) is 34.7 Å². The third kappa shape index (κ3) is 3.89. The minimum atomic E-state index is -0.939. The van der Waals surface area contributed by atoms with Crippen molar-refractivity contribution >= 4 is 17.5 Å². The number of carbonyl (C=O) groups is 3. The molecule has 208 valence electrons. The van der Waals surface area contributed by atoms with Crippen LogP contribution < -0.4 is 0 Å². The number of fused-ring (bicyclic) bond motifs is 4. The van der Waals surface area contributed by atoms with Gasteiger partial charge in [0.15, 0.2) is 5.78 Å². The van der Waals surface area contributed by atoms with Crippen LogP contribution in [0.4, 0.5) is 0 Å². The van der Waals surface area contributed by atoms with Crippen molar-refractivity contribution in [1.82, 2.24) is 0 Å². The summed E-state index contributed by atoms with van der Waals surface area (Å²) in [6, 6.07) is 0. The minimum absolute atomic E-state index is 0.0118. The zero-order valence-corrected chi connectivity index (χ0v) is 23.5. The van der Waals surface area contributed by atoms with E-state index < -0.39 is 51.9 Å². The molecule has 4 aliphatic carbocycles. The first-order valence-corrected chi connectivity index (χ1v) is 14.0. The van der Waals surface area contributed by atoms with Gasteiger partial charge in [-0.1, -0.05) is 48.5 Å². The zero-order valence-electron chi connectivity index (χ0n) is 23.5. The highest BCUT2D eigenvalue weighted by Gasteiger charge is 2.70. The number of hydrogen-bond donors (Lipinski definition) is 4. The van der Waals surface area contributed by atoms with Crippen LogP contribution in [-0.4, -0.2) is 56.3 Å². The average molecular weight is 519 g/mol. The lowest BCUT2D eigenvalue weighted by atomic mass is 9.42. The summed E-state index contributed by atoms with van der Waals surface area (Å²) in [4.78, 5) is 38.2. The second kappa shape index (κ2) is 8.99. The zero-order chi connectivity index (χ0) is 27.9. The van der Waals surface area contributed by atoms with Gasteiger partial charge in [0.05, 0.1) is 24.2 Å². The van der Waals surface area contributed by atoms with Crippen LogP contribution in [0.1, 0.15) is 93.4 Å². The Balaban J connectivity index is 1.74. The van der Waals surface area contributed by atoms with Crippen LogP contribution in [0.15, 0.2) is 11.1 Å². The van der Waals surface area contributed by atoms with Crippen molar-refractivity contribution in [3.05, 3.63) is 11.1 Å². The maximum absolute atomic E-state index is 14.1. The number of carboxylic acid groups (broad SMARTS) is 1. The van der Waals surface area contributed by atoms with E-state index in [1.165, 1.54) is 0 Å². The van der Waals surface area contributed by atoms with E-state index in [4.69, 9.17) is 0 Å². The largest absolute Gasteiger partial charge is 0.481 e. The fourth-order valence-electron chi connectivity index (χ4n) is 9.39. The Morgan fingerprint density at radius 3 is 2.24 bits per heavy atom. The first-order valence-electron chi connectivity index (χ1n) is 14.0. The number of ketones is 2. The van der Waals surface area contributed by atoms with E-state index in [0.717, 1.165) is 0 Å². The van der Waals surface area contributed by atoms with Gasteiger partial charge >= 0.3 is 5.97 Å². The number of allylic oxidation sites excluding steroid dienone is 1. The smallest absolute Gasteiger partial charge is 0.306 e. The van der Waals surface area contributed by atoms with Crippen LogP contribution >= 0.6 is 0 Å². The predicted molar refractivity (Wildman–Crippen MR) is 138 cm³/mol.